The van der Waals surface area contributed by atoms with Crippen LogP contribution >= 0.6 is 35.4 Å². The molecule has 10 heavy (non-hydrogen) atoms. The average Bonchev–Trinajstić information content (AvgIpc) is 1.63. The smallest absolute Gasteiger partial charge is 0.239 e. The van der Waals surface area contributed by atoms with Gasteiger partial charge in [-0.05, 0) is 30.7 Å². The molecule has 0 bridgehead atoms. The van der Waals surface area contributed by atoms with Gasteiger partial charge in [-0.15, -0.1) is 11.6 Å². The van der Waals surface area contributed by atoms with E-state index in [1.54, 1.807) is 0 Å². The molecule has 0 aliphatic heterocycles. The van der Waals surface area contributed by atoms with Crippen molar-refractivity contribution in [3.05, 3.63) is 0 Å². The van der Waals surface area contributed by atoms with Gasteiger partial charge in [-0.1, -0.05) is 0 Å². The second kappa shape index (κ2) is 7.05. The number of carbonyl (C=O) groups excluding carboxylic acids is 1. The molecule has 6 heteroatoms. The van der Waals surface area contributed by atoms with Gasteiger partial charge in [-0.25, -0.2) is 0 Å². The minimum Gasteiger partial charge on any atom is -0.377 e. The van der Waals surface area contributed by atoms with Crippen molar-refractivity contribution in [3.8, 4) is 0 Å². The fraction of sp³-hybridized carbons (Fsp3) is 0.500. The van der Waals surface area contributed by atoms with Gasteiger partial charge in [0.15, 0.2) is 5.11 Å². The molecule has 60 valence electrons. The molecular weight excluding hydrogens is 195 g/mol. The van der Waals surface area contributed by atoms with E-state index in [4.69, 9.17) is 23.2 Å². The highest BCUT2D eigenvalue weighted by atomic mass is 35.5. The first-order valence-electron chi connectivity index (χ1n) is 2.26. The van der Waals surface area contributed by atoms with Crippen LogP contribution in [0, 0.1) is 0 Å². The monoisotopic (exact) mass is 202 g/mol. The van der Waals surface area contributed by atoms with E-state index in [0.29, 0.717) is 0 Å². The van der Waals surface area contributed by atoms with Gasteiger partial charge in [0, 0.05) is 0 Å². The Bertz CT molecular complexity index is 124. The number of alkyl halides is 1. The summed E-state index contributed by atoms with van der Waals surface area (Å²) in [7, 11) is 0. The van der Waals surface area contributed by atoms with Crippen molar-refractivity contribution in [1.29, 1.82) is 0 Å². The van der Waals surface area contributed by atoms with Gasteiger partial charge >= 0.3 is 0 Å². The van der Waals surface area contributed by atoms with Crippen LogP contribution in [-0.4, -0.2) is 15.7 Å². The van der Waals surface area contributed by atoms with E-state index in [-0.39, 0.29) is 5.11 Å². The molecule has 0 heterocycles. The lowest BCUT2D eigenvalue weighted by molar-refractivity contribution is -0.111. The summed E-state index contributed by atoms with van der Waals surface area (Å²) < 4.78 is 0. The zero-order chi connectivity index (χ0) is 8.73. The average molecular weight is 203 g/mol. The van der Waals surface area contributed by atoms with E-state index in [1.807, 2.05) is 0 Å². The second-order valence-corrected chi connectivity index (χ2v) is 2.82. The quantitative estimate of drug-likeness (QED) is 0.371. The van der Waals surface area contributed by atoms with E-state index in [2.05, 4.69) is 23.7 Å². The highest BCUT2D eigenvalue weighted by Crippen LogP contribution is 1.96. The van der Waals surface area contributed by atoms with Crippen molar-refractivity contribution < 1.29 is 4.79 Å². The Hall–Kier alpha value is -0.0600. The van der Waals surface area contributed by atoms with Crippen molar-refractivity contribution in [3.63, 3.8) is 0 Å². The highest BCUT2D eigenvalue weighted by Gasteiger charge is 2.01. The molecule has 0 aliphatic rings. The summed E-state index contributed by atoms with van der Waals surface area (Å²) in [6.07, 6.45) is 0. The maximum Gasteiger partial charge on any atom is 0.239 e. The summed E-state index contributed by atoms with van der Waals surface area (Å²) in [4.78, 5) is 9.78. The zero-order valence-electron chi connectivity index (χ0n) is 5.30. The third-order valence-electron chi connectivity index (χ3n) is 0.313. The molecule has 0 aromatic rings. The summed E-state index contributed by atoms with van der Waals surface area (Å²) in [6, 6.07) is 0. The Kier molecular flexibility index (Phi) is 8.89. The lowest BCUT2D eigenvalue weighted by Crippen LogP contribution is -2.18. The first-order valence-corrected chi connectivity index (χ1v) is 3.48. The topological polar surface area (TPSA) is 69.1 Å². The largest absolute Gasteiger partial charge is 0.377 e. The predicted molar refractivity (Wildman–Crippen MR) is 47.1 cm³/mol. The molecule has 3 nitrogen and oxygen atoms in total. The molecule has 4 N–H and O–H groups in total. The zero-order valence-corrected chi connectivity index (χ0v) is 7.63. The molecule has 0 saturated carbocycles. The van der Waals surface area contributed by atoms with Crippen LogP contribution in [0.15, 0.2) is 0 Å². The minimum absolute atomic E-state index is 0.000000000000000222. The standard InChI is InChI=1S/C3H4Cl2O.CH4N2S/c1-2(4)3(5)6;2-1(3)4/h2H,1H3;(H4,2,3,4). The van der Waals surface area contributed by atoms with Crippen molar-refractivity contribution in [2.24, 2.45) is 11.5 Å². The molecule has 1 unspecified atom stereocenters. The van der Waals surface area contributed by atoms with E-state index in [0.717, 1.165) is 0 Å². The molecule has 0 aromatic heterocycles. The van der Waals surface area contributed by atoms with Gasteiger partial charge < -0.3 is 11.5 Å². The lowest BCUT2D eigenvalue weighted by Gasteiger charge is -1.85. The van der Waals surface area contributed by atoms with Crippen LogP contribution < -0.4 is 11.5 Å². The molecule has 0 spiro atoms. The van der Waals surface area contributed by atoms with Crippen molar-refractivity contribution in [2.75, 3.05) is 0 Å². The van der Waals surface area contributed by atoms with E-state index in [9.17, 15) is 4.79 Å². The van der Waals surface area contributed by atoms with Gasteiger partial charge in [-0.3, -0.25) is 4.79 Å². The van der Waals surface area contributed by atoms with Crippen LogP contribution in [0.2, 0.25) is 0 Å². The molecule has 0 fully saturated rings. The molecule has 0 radical (unpaired) electrons. The molecule has 0 amide bonds. The Balaban J connectivity index is 0. The number of thiocarbonyl (C=S) groups is 1. The number of nitrogens with two attached hydrogens (primary N) is 2. The Morgan fingerprint density at radius 1 is 1.60 bits per heavy atom. The number of hydrogen-bond acceptors (Lipinski definition) is 2. The predicted octanol–water partition coefficient (Wildman–Crippen LogP) is 0.568. The molecule has 0 saturated heterocycles. The number of rotatable bonds is 1. The molecule has 1 atom stereocenters. The SMILES string of the molecule is CC(Cl)C(=O)Cl.NC(N)=S. The Labute approximate surface area is 74.6 Å². The first-order chi connectivity index (χ1) is 4.37. The number of carbonyl (C=O) groups is 1. The summed E-state index contributed by atoms with van der Waals surface area (Å²) in [5.74, 6) is 0. The molecule has 0 aromatic carbocycles. The van der Waals surface area contributed by atoms with E-state index >= 15 is 0 Å². The van der Waals surface area contributed by atoms with Crippen LogP contribution in [0.5, 0.6) is 0 Å². The normalized spacial score (nSPS) is 10.7. The third-order valence-corrected chi connectivity index (χ3v) is 0.950. The second-order valence-electron chi connectivity index (χ2n) is 1.32. The van der Waals surface area contributed by atoms with Crippen molar-refractivity contribution in [1.82, 2.24) is 0 Å². The molecule has 0 aliphatic carbocycles. The van der Waals surface area contributed by atoms with Crippen molar-refractivity contribution >= 4 is 45.8 Å². The molecular formula is C4H8Cl2N2OS. The third kappa shape index (κ3) is 24.6. The highest BCUT2D eigenvalue weighted by molar-refractivity contribution is 7.80. The van der Waals surface area contributed by atoms with E-state index in [1.165, 1.54) is 6.92 Å². The fourth-order valence-corrected chi connectivity index (χ4v) is 0. The van der Waals surface area contributed by atoms with Gasteiger partial charge in [0.25, 0.3) is 0 Å². The summed E-state index contributed by atoms with van der Waals surface area (Å²) >= 11 is 14.1. The number of hydrogen-bond donors (Lipinski definition) is 2. The minimum atomic E-state index is -0.549. The molecule has 0 rings (SSSR count). The van der Waals surface area contributed by atoms with Crippen molar-refractivity contribution in [2.45, 2.75) is 12.3 Å². The first kappa shape index (κ1) is 12.6. The van der Waals surface area contributed by atoms with E-state index < -0.39 is 10.6 Å². The van der Waals surface area contributed by atoms with Crippen LogP contribution in [-0.2, 0) is 4.79 Å². The van der Waals surface area contributed by atoms with Crippen LogP contribution in [0.1, 0.15) is 6.92 Å². The van der Waals surface area contributed by atoms with Crippen LogP contribution in [0.4, 0.5) is 0 Å². The summed E-state index contributed by atoms with van der Waals surface area (Å²) in [6.45, 7) is 1.52. The lowest BCUT2D eigenvalue weighted by atomic mass is 10.5. The van der Waals surface area contributed by atoms with Gasteiger partial charge in [0.2, 0.25) is 5.24 Å². The maximum atomic E-state index is 9.78. The Morgan fingerprint density at radius 2 is 1.70 bits per heavy atom. The maximum absolute atomic E-state index is 9.78. The van der Waals surface area contributed by atoms with Crippen LogP contribution in [0.3, 0.4) is 0 Å². The summed E-state index contributed by atoms with van der Waals surface area (Å²) in [5.41, 5.74) is 9.24. The van der Waals surface area contributed by atoms with Gasteiger partial charge in [0.05, 0.1) is 0 Å². The van der Waals surface area contributed by atoms with Gasteiger partial charge in [0.1, 0.15) is 5.38 Å². The number of halogens is 2. The van der Waals surface area contributed by atoms with Crippen LogP contribution in [0.25, 0.3) is 0 Å². The fourth-order valence-electron chi connectivity index (χ4n) is 0. The van der Waals surface area contributed by atoms with Gasteiger partial charge in [-0.2, -0.15) is 0 Å². The summed E-state index contributed by atoms with van der Waals surface area (Å²) in [5, 5.41) is -1.05. The Morgan fingerprint density at radius 3 is 1.70 bits per heavy atom.